The highest BCUT2D eigenvalue weighted by molar-refractivity contribution is 5.85. The molecule has 1 aliphatic heterocycles. The Hall–Kier alpha value is -1.67. The lowest BCUT2D eigenvalue weighted by Crippen LogP contribution is -2.32. The number of nitrogens with two attached hydrogens (primary N) is 1. The highest BCUT2D eigenvalue weighted by Gasteiger charge is 2.21. The molecule has 0 bridgehead atoms. The minimum atomic E-state index is 0. The van der Waals surface area contributed by atoms with Gasteiger partial charge in [-0.3, -0.25) is 4.90 Å². The summed E-state index contributed by atoms with van der Waals surface area (Å²) in [6.45, 7) is 3.24. The largest absolute Gasteiger partial charge is 0.496 e. The van der Waals surface area contributed by atoms with E-state index in [4.69, 9.17) is 19.7 Å². The van der Waals surface area contributed by atoms with Crippen LogP contribution in [0.2, 0.25) is 0 Å². The van der Waals surface area contributed by atoms with Gasteiger partial charge in [0.2, 0.25) is 5.89 Å². The molecule has 25 heavy (non-hydrogen) atoms. The molecular weight excluding hydrogens is 344 g/mol. The van der Waals surface area contributed by atoms with Gasteiger partial charge in [-0.15, -0.1) is 12.4 Å². The Morgan fingerprint density at radius 2 is 2.16 bits per heavy atom. The number of halogens is 1. The van der Waals surface area contributed by atoms with Crippen molar-refractivity contribution in [3.63, 3.8) is 0 Å². The molecule has 138 valence electrons. The van der Waals surface area contributed by atoms with Gasteiger partial charge < -0.3 is 19.7 Å². The Bertz CT molecular complexity index is 646. The van der Waals surface area contributed by atoms with Crippen molar-refractivity contribution in [3.8, 4) is 5.75 Å². The zero-order valence-electron chi connectivity index (χ0n) is 14.4. The summed E-state index contributed by atoms with van der Waals surface area (Å²) in [5.74, 6) is 1.98. The van der Waals surface area contributed by atoms with Gasteiger partial charge in [-0.05, 0) is 18.9 Å². The van der Waals surface area contributed by atoms with Gasteiger partial charge in [-0.1, -0.05) is 23.4 Å². The number of hydrogen-bond acceptors (Lipinski definition) is 7. The zero-order valence-corrected chi connectivity index (χ0v) is 15.2. The molecule has 0 aliphatic carbocycles. The molecule has 2 aromatic rings. The van der Waals surface area contributed by atoms with Gasteiger partial charge in [0, 0.05) is 25.3 Å². The van der Waals surface area contributed by atoms with Crippen molar-refractivity contribution in [2.24, 2.45) is 5.73 Å². The summed E-state index contributed by atoms with van der Waals surface area (Å²) < 4.78 is 16.4. The van der Waals surface area contributed by atoms with Crippen molar-refractivity contribution in [1.82, 2.24) is 15.0 Å². The maximum absolute atomic E-state index is 5.78. The predicted molar refractivity (Wildman–Crippen MR) is 95.5 cm³/mol. The van der Waals surface area contributed by atoms with E-state index in [2.05, 4.69) is 21.1 Å². The van der Waals surface area contributed by atoms with Gasteiger partial charge in [-0.2, -0.15) is 4.98 Å². The van der Waals surface area contributed by atoms with E-state index in [9.17, 15) is 0 Å². The van der Waals surface area contributed by atoms with E-state index in [0.29, 0.717) is 18.3 Å². The summed E-state index contributed by atoms with van der Waals surface area (Å²) in [6.07, 6.45) is 2.45. The summed E-state index contributed by atoms with van der Waals surface area (Å²) in [5, 5.41) is 4.01. The van der Waals surface area contributed by atoms with Crippen LogP contribution in [0.1, 0.15) is 30.1 Å². The van der Waals surface area contributed by atoms with Crippen LogP contribution >= 0.6 is 12.4 Å². The average molecular weight is 369 g/mol. The Labute approximate surface area is 153 Å². The van der Waals surface area contributed by atoms with Crippen LogP contribution in [0.25, 0.3) is 0 Å². The Kier molecular flexibility index (Phi) is 7.64. The highest BCUT2D eigenvalue weighted by atomic mass is 35.5. The second-order valence-corrected chi connectivity index (χ2v) is 5.92. The number of nitrogens with zero attached hydrogens (tertiary/aromatic N) is 3. The number of aromatic nitrogens is 2. The van der Waals surface area contributed by atoms with E-state index in [1.54, 1.807) is 7.11 Å². The summed E-state index contributed by atoms with van der Waals surface area (Å²) >= 11 is 0. The Morgan fingerprint density at radius 1 is 1.32 bits per heavy atom. The first kappa shape index (κ1) is 19.7. The third-order valence-electron chi connectivity index (χ3n) is 4.12. The molecule has 0 amide bonds. The fourth-order valence-electron chi connectivity index (χ4n) is 2.97. The molecule has 1 atom stereocenters. The topological polar surface area (TPSA) is 86.6 Å². The van der Waals surface area contributed by atoms with Crippen LogP contribution in [-0.4, -0.2) is 41.4 Å². The van der Waals surface area contributed by atoms with Crippen molar-refractivity contribution < 1.29 is 14.0 Å². The second-order valence-electron chi connectivity index (χ2n) is 5.92. The van der Waals surface area contributed by atoms with Crippen LogP contribution in [0.5, 0.6) is 5.75 Å². The molecule has 1 unspecified atom stereocenters. The smallest absolute Gasteiger partial charge is 0.240 e. The molecule has 0 saturated carbocycles. The predicted octanol–water partition coefficient (Wildman–Crippen LogP) is 2.14. The SMILES string of the molecule is COc1ccccc1CN(Cc1noc(CN)n1)CC1CCCO1.Cl. The Balaban J connectivity index is 0.00000225. The van der Waals surface area contributed by atoms with Crippen molar-refractivity contribution >= 4 is 12.4 Å². The first-order chi connectivity index (χ1) is 11.8. The molecule has 3 rings (SSSR count). The van der Waals surface area contributed by atoms with Gasteiger partial charge in [0.15, 0.2) is 5.82 Å². The third kappa shape index (κ3) is 5.40. The van der Waals surface area contributed by atoms with Crippen molar-refractivity contribution in [3.05, 3.63) is 41.5 Å². The van der Waals surface area contributed by atoms with Crippen LogP contribution in [0, 0.1) is 0 Å². The van der Waals surface area contributed by atoms with Gasteiger partial charge in [0.25, 0.3) is 0 Å². The summed E-state index contributed by atoms with van der Waals surface area (Å²) in [4.78, 5) is 6.57. The molecule has 1 aromatic heterocycles. The van der Waals surface area contributed by atoms with Gasteiger partial charge >= 0.3 is 0 Å². The molecule has 2 heterocycles. The van der Waals surface area contributed by atoms with E-state index >= 15 is 0 Å². The molecule has 1 fully saturated rings. The van der Waals surface area contributed by atoms with Crippen molar-refractivity contribution in [2.45, 2.75) is 38.6 Å². The van der Waals surface area contributed by atoms with E-state index in [0.717, 1.165) is 43.9 Å². The highest BCUT2D eigenvalue weighted by Crippen LogP contribution is 2.22. The van der Waals surface area contributed by atoms with Crippen LogP contribution in [0.15, 0.2) is 28.8 Å². The maximum atomic E-state index is 5.78. The normalized spacial score (nSPS) is 16.8. The van der Waals surface area contributed by atoms with Gasteiger partial charge in [0.1, 0.15) is 5.75 Å². The minimum absolute atomic E-state index is 0. The average Bonchev–Trinajstić information content (AvgIpc) is 3.27. The van der Waals surface area contributed by atoms with Crippen LogP contribution < -0.4 is 10.5 Å². The minimum Gasteiger partial charge on any atom is -0.496 e. The lowest BCUT2D eigenvalue weighted by molar-refractivity contribution is 0.0664. The van der Waals surface area contributed by atoms with E-state index in [-0.39, 0.29) is 25.1 Å². The van der Waals surface area contributed by atoms with Crippen molar-refractivity contribution in [2.75, 3.05) is 20.3 Å². The van der Waals surface area contributed by atoms with E-state index < -0.39 is 0 Å². The zero-order chi connectivity index (χ0) is 16.8. The number of rotatable bonds is 8. The van der Waals surface area contributed by atoms with Gasteiger partial charge in [0.05, 0.1) is 26.3 Å². The second kappa shape index (κ2) is 9.72. The molecule has 0 spiro atoms. The summed E-state index contributed by atoms with van der Waals surface area (Å²) in [6, 6.07) is 8.03. The number of para-hydroxylation sites is 1. The standard InChI is InChI=1S/C17H24N4O3.ClH/c1-22-15-7-3-2-5-13(15)10-21(11-14-6-4-8-23-14)12-16-19-17(9-18)24-20-16;/h2-3,5,7,14H,4,6,8-12,18H2,1H3;1H. The van der Waals surface area contributed by atoms with E-state index in [1.807, 2.05) is 18.2 Å². The Morgan fingerprint density at radius 3 is 2.84 bits per heavy atom. The summed E-state index contributed by atoms with van der Waals surface area (Å²) in [5.41, 5.74) is 6.67. The maximum Gasteiger partial charge on any atom is 0.240 e. The molecule has 8 heteroatoms. The number of benzene rings is 1. The van der Waals surface area contributed by atoms with Crippen molar-refractivity contribution in [1.29, 1.82) is 0 Å². The molecule has 2 N–H and O–H groups in total. The lowest BCUT2D eigenvalue weighted by atomic mass is 10.1. The fourth-order valence-corrected chi connectivity index (χ4v) is 2.97. The number of hydrogen-bond donors (Lipinski definition) is 1. The first-order valence-corrected chi connectivity index (χ1v) is 8.26. The third-order valence-corrected chi connectivity index (χ3v) is 4.12. The van der Waals surface area contributed by atoms with Crippen LogP contribution in [0.4, 0.5) is 0 Å². The molecule has 1 saturated heterocycles. The fraction of sp³-hybridized carbons (Fsp3) is 0.529. The first-order valence-electron chi connectivity index (χ1n) is 8.26. The number of ether oxygens (including phenoxy) is 2. The molecule has 1 aliphatic rings. The number of methoxy groups -OCH3 is 1. The summed E-state index contributed by atoms with van der Waals surface area (Å²) in [7, 11) is 1.69. The molecule has 1 aromatic carbocycles. The van der Waals surface area contributed by atoms with Crippen LogP contribution in [0.3, 0.4) is 0 Å². The molecule has 0 radical (unpaired) electrons. The quantitative estimate of drug-likeness (QED) is 0.763. The monoisotopic (exact) mass is 368 g/mol. The van der Waals surface area contributed by atoms with Gasteiger partial charge in [-0.25, -0.2) is 0 Å². The lowest BCUT2D eigenvalue weighted by Gasteiger charge is -2.24. The molecular formula is C17H25ClN4O3. The molecule has 7 nitrogen and oxygen atoms in total. The van der Waals surface area contributed by atoms with E-state index in [1.165, 1.54) is 0 Å². The van der Waals surface area contributed by atoms with Crippen LogP contribution in [-0.2, 0) is 24.4 Å².